The van der Waals surface area contributed by atoms with Gasteiger partial charge in [-0.3, -0.25) is 0 Å². The molecule has 84 valence electrons. The Balaban J connectivity index is 2.31. The van der Waals surface area contributed by atoms with Crippen molar-refractivity contribution in [2.45, 2.75) is 52.0 Å². The monoisotopic (exact) mass is 198 g/mol. The Kier molecular flexibility index (Phi) is 5.49. The second-order valence-electron chi connectivity index (χ2n) is 4.72. The number of nitrogens with two attached hydrogens (primary N) is 1. The average Bonchev–Trinajstić information content (AvgIpc) is 2.19. The minimum Gasteiger partial charge on any atom is -0.330 e. The summed E-state index contributed by atoms with van der Waals surface area (Å²) in [5.74, 6) is 0.869. The Morgan fingerprint density at radius 1 is 1.50 bits per heavy atom. The third kappa shape index (κ3) is 3.58. The highest BCUT2D eigenvalue weighted by molar-refractivity contribution is 4.76. The van der Waals surface area contributed by atoms with E-state index in [0.29, 0.717) is 0 Å². The maximum Gasteiger partial charge on any atom is 0.00669 e. The van der Waals surface area contributed by atoms with Crippen molar-refractivity contribution in [1.29, 1.82) is 0 Å². The van der Waals surface area contributed by atoms with Crippen LogP contribution >= 0.6 is 0 Å². The van der Waals surface area contributed by atoms with Gasteiger partial charge in [0.25, 0.3) is 0 Å². The molecule has 2 heteroatoms. The van der Waals surface area contributed by atoms with E-state index in [-0.39, 0.29) is 0 Å². The lowest BCUT2D eigenvalue weighted by atomic mass is 9.93. The number of hydrogen-bond acceptors (Lipinski definition) is 2. The SMILES string of the molecule is CCCC(C)N1CCCC(CCN)C1. The molecule has 2 unspecified atom stereocenters. The molecule has 2 N–H and O–H groups in total. The van der Waals surface area contributed by atoms with Crippen LogP contribution in [0.4, 0.5) is 0 Å². The summed E-state index contributed by atoms with van der Waals surface area (Å²) < 4.78 is 0. The zero-order chi connectivity index (χ0) is 10.4. The first-order chi connectivity index (χ1) is 6.77. The van der Waals surface area contributed by atoms with Gasteiger partial charge in [-0.25, -0.2) is 0 Å². The van der Waals surface area contributed by atoms with Crippen molar-refractivity contribution < 1.29 is 0 Å². The molecule has 1 heterocycles. The van der Waals surface area contributed by atoms with Crippen LogP contribution in [-0.2, 0) is 0 Å². The van der Waals surface area contributed by atoms with Crippen molar-refractivity contribution >= 4 is 0 Å². The predicted molar refractivity (Wildman–Crippen MR) is 62.3 cm³/mol. The predicted octanol–water partition coefficient (Wildman–Crippen LogP) is 2.24. The maximum atomic E-state index is 5.62. The highest BCUT2D eigenvalue weighted by Crippen LogP contribution is 2.21. The molecule has 0 aliphatic carbocycles. The lowest BCUT2D eigenvalue weighted by Crippen LogP contribution is -2.41. The van der Waals surface area contributed by atoms with Crippen molar-refractivity contribution in [2.75, 3.05) is 19.6 Å². The number of piperidine rings is 1. The van der Waals surface area contributed by atoms with E-state index in [1.165, 1.54) is 45.2 Å². The lowest BCUT2D eigenvalue weighted by Gasteiger charge is -2.36. The molecular formula is C12H26N2. The lowest BCUT2D eigenvalue weighted by molar-refractivity contribution is 0.122. The van der Waals surface area contributed by atoms with Crippen LogP contribution in [0, 0.1) is 5.92 Å². The third-order valence-electron chi connectivity index (χ3n) is 3.46. The average molecular weight is 198 g/mol. The molecule has 0 radical (unpaired) electrons. The van der Waals surface area contributed by atoms with Crippen LogP contribution in [-0.4, -0.2) is 30.6 Å². The van der Waals surface area contributed by atoms with E-state index in [0.717, 1.165) is 18.5 Å². The molecule has 2 nitrogen and oxygen atoms in total. The summed E-state index contributed by atoms with van der Waals surface area (Å²) in [7, 11) is 0. The quantitative estimate of drug-likeness (QED) is 0.734. The van der Waals surface area contributed by atoms with Crippen LogP contribution in [0.15, 0.2) is 0 Å². The molecule has 14 heavy (non-hydrogen) atoms. The van der Waals surface area contributed by atoms with Crippen LogP contribution in [0.5, 0.6) is 0 Å². The molecule has 1 aliphatic rings. The standard InChI is InChI=1S/C12H26N2/c1-3-5-11(2)14-9-4-6-12(10-14)7-8-13/h11-12H,3-10,13H2,1-2H3. The van der Waals surface area contributed by atoms with Gasteiger partial charge in [0.15, 0.2) is 0 Å². The minimum absolute atomic E-state index is 0.778. The van der Waals surface area contributed by atoms with E-state index in [1.807, 2.05) is 0 Å². The first-order valence-corrected chi connectivity index (χ1v) is 6.22. The van der Waals surface area contributed by atoms with Crippen molar-refractivity contribution in [1.82, 2.24) is 4.90 Å². The molecule has 0 bridgehead atoms. The van der Waals surface area contributed by atoms with Crippen molar-refractivity contribution in [3.8, 4) is 0 Å². The van der Waals surface area contributed by atoms with Gasteiger partial charge >= 0.3 is 0 Å². The zero-order valence-electron chi connectivity index (χ0n) is 9.84. The molecule has 0 saturated carbocycles. The van der Waals surface area contributed by atoms with Crippen molar-refractivity contribution in [3.63, 3.8) is 0 Å². The molecule has 0 aromatic heterocycles. The molecule has 1 aliphatic heterocycles. The summed E-state index contributed by atoms with van der Waals surface area (Å²) in [5.41, 5.74) is 5.62. The van der Waals surface area contributed by atoms with Gasteiger partial charge in [0.1, 0.15) is 0 Å². The Morgan fingerprint density at radius 2 is 2.29 bits per heavy atom. The first-order valence-electron chi connectivity index (χ1n) is 6.22. The van der Waals surface area contributed by atoms with E-state index in [2.05, 4.69) is 18.7 Å². The van der Waals surface area contributed by atoms with Gasteiger partial charge in [0.2, 0.25) is 0 Å². The van der Waals surface area contributed by atoms with Crippen LogP contribution in [0.2, 0.25) is 0 Å². The van der Waals surface area contributed by atoms with Gasteiger partial charge < -0.3 is 10.6 Å². The van der Waals surface area contributed by atoms with Crippen LogP contribution < -0.4 is 5.73 Å². The fraction of sp³-hybridized carbons (Fsp3) is 1.00. The second kappa shape index (κ2) is 6.41. The van der Waals surface area contributed by atoms with E-state index in [1.54, 1.807) is 0 Å². The Morgan fingerprint density at radius 3 is 2.93 bits per heavy atom. The Bertz CT molecular complexity index is 141. The van der Waals surface area contributed by atoms with Gasteiger partial charge in [-0.05, 0) is 51.6 Å². The minimum atomic E-state index is 0.778. The molecule has 1 rings (SSSR count). The molecule has 0 amide bonds. The van der Waals surface area contributed by atoms with Crippen molar-refractivity contribution in [3.05, 3.63) is 0 Å². The highest BCUT2D eigenvalue weighted by Gasteiger charge is 2.22. The van der Waals surface area contributed by atoms with E-state index >= 15 is 0 Å². The molecule has 0 aromatic carbocycles. The molecule has 1 fully saturated rings. The summed E-state index contributed by atoms with van der Waals surface area (Å²) in [6, 6.07) is 0.778. The largest absolute Gasteiger partial charge is 0.330 e. The Labute approximate surface area is 88.8 Å². The van der Waals surface area contributed by atoms with Crippen LogP contribution in [0.3, 0.4) is 0 Å². The van der Waals surface area contributed by atoms with Gasteiger partial charge in [0, 0.05) is 12.6 Å². The second-order valence-corrected chi connectivity index (χ2v) is 4.72. The van der Waals surface area contributed by atoms with Crippen LogP contribution in [0.1, 0.15) is 46.0 Å². The summed E-state index contributed by atoms with van der Waals surface area (Å²) in [6.45, 7) is 8.10. The maximum absolute atomic E-state index is 5.62. The number of nitrogens with zero attached hydrogens (tertiary/aromatic N) is 1. The summed E-state index contributed by atoms with van der Waals surface area (Å²) in [6.07, 6.45) is 6.63. The van der Waals surface area contributed by atoms with E-state index in [4.69, 9.17) is 5.73 Å². The fourth-order valence-electron chi connectivity index (χ4n) is 2.57. The number of rotatable bonds is 5. The van der Waals surface area contributed by atoms with Crippen molar-refractivity contribution in [2.24, 2.45) is 11.7 Å². The van der Waals surface area contributed by atoms with Gasteiger partial charge in [-0.2, -0.15) is 0 Å². The topological polar surface area (TPSA) is 29.3 Å². The van der Waals surface area contributed by atoms with E-state index in [9.17, 15) is 0 Å². The molecule has 0 aromatic rings. The smallest absolute Gasteiger partial charge is 0.00669 e. The zero-order valence-corrected chi connectivity index (χ0v) is 9.84. The van der Waals surface area contributed by atoms with Gasteiger partial charge in [0.05, 0.1) is 0 Å². The highest BCUT2D eigenvalue weighted by atomic mass is 15.2. The third-order valence-corrected chi connectivity index (χ3v) is 3.46. The Hall–Kier alpha value is -0.0800. The molecule has 1 saturated heterocycles. The summed E-state index contributed by atoms with van der Waals surface area (Å²) in [5, 5.41) is 0. The van der Waals surface area contributed by atoms with Crippen LogP contribution in [0.25, 0.3) is 0 Å². The normalized spacial score (nSPS) is 26.4. The van der Waals surface area contributed by atoms with E-state index < -0.39 is 0 Å². The number of hydrogen-bond donors (Lipinski definition) is 1. The van der Waals surface area contributed by atoms with Gasteiger partial charge in [-0.15, -0.1) is 0 Å². The first kappa shape index (κ1) is 12.0. The molecule has 0 spiro atoms. The summed E-state index contributed by atoms with van der Waals surface area (Å²) in [4.78, 5) is 2.66. The molecule has 2 atom stereocenters. The fourth-order valence-corrected chi connectivity index (χ4v) is 2.57. The molecular weight excluding hydrogens is 172 g/mol. The summed E-state index contributed by atoms with van der Waals surface area (Å²) >= 11 is 0. The van der Waals surface area contributed by atoms with Gasteiger partial charge in [-0.1, -0.05) is 13.3 Å². The number of likely N-dealkylation sites (tertiary alicyclic amines) is 1.